The minimum atomic E-state index is 0.724. The van der Waals surface area contributed by atoms with E-state index >= 15 is 0 Å². The summed E-state index contributed by atoms with van der Waals surface area (Å²) in [7, 11) is 0. The van der Waals surface area contributed by atoms with E-state index < -0.39 is 0 Å². The van der Waals surface area contributed by atoms with Crippen molar-refractivity contribution in [2.45, 2.75) is 13.3 Å². The van der Waals surface area contributed by atoms with Gasteiger partial charge in [0.15, 0.2) is 0 Å². The van der Waals surface area contributed by atoms with Crippen molar-refractivity contribution in [2.24, 2.45) is 0 Å². The molecule has 0 aromatic carbocycles. The molecule has 0 radical (unpaired) electrons. The van der Waals surface area contributed by atoms with Gasteiger partial charge >= 0.3 is 0 Å². The van der Waals surface area contributed by atoms with Gasteiger partial charge in [0, 0.05) is 23.5 Å². The monoisotopic (exact) mass is 262 g/mol. The molecule has 0 bridgehead atoms. The molecule has 0 aliphatic carbocycles. The molecule has 0 atom stereocenters. The highest BCUT2D eigenvalue weighted by Crippen LogP contribution is 2.32. The van der Waals surface area contributed by atoms with E-state index in [2.05, 4.69) is 40.8 Å². The topological polar surface area (TPSA) is 9.23 Å². The summed E-state index contributed by atoms with van der Waals surface area (Å²) in [6.45, 7) is 3.49. The first-order valence-corrected chi connectivity index (χ1v) is 7.35. The molecule has 17 heavy (non-hydrogen) atoms. The molecule has 0 amide bonds. The number of rotatable bonds is 4. The number of hydrogen-bond acceptors (Lipinski definition) is 3. The zero-order chi connectivity index (χ0) is 11.9. The van der Waals surface area contributed by atoms with Crippen molar-refractivity contribution in [3.05, 3.63) is 34.5 Å². The molecule has 0 fully saturated rings. The van der Waals surface area contributed by atoms with E-state index in [4.69, 9.17) is 4.74 Å². The van der Waals surface area contributed by atoms with E-state index in [-0.39, 0.29) is 0 Å². The summed E-state index contributed by atoms with van der Waals surface area (Å²) >= 11 is 3.51. The van der Waals surface area contributed by atoms with Crippen molar-refractivity contribution in [3.8, 4) is 21.6 Å². The minimum absolute atomic E-state index is 0.724. The van der Waals surface area contributed by atoms with Crippen LogP contribution in [-0.2, 0) is 4.74 Å². The van der Waals surface area contributed by atoms with Crippen LogP contribution in [0.1, 0.15) is 18.9 Å². The molecule has 3 heteroatoms. The Bertz CT molecular complexity index is 500. The molecular weight excluding hydrogens is 248 g/mol. The van der Waals surface area contributed by atoms with Gasteiger partial charge in [-0.3, -0.25) is 0 Å². The first-order valence-electron chi connectivity index (χ1n) is 5.60. The molecule has 2 aromatic heterocycles. The Morgan fingerprint density at radius 3 is 2.94 bits per heavy atom. The summed E-state index contributed by atoms with van der Waals surface area (Å²) in [5, 5.41) is 4.20. The maximum atomic E-state index is 5.26. The van der Waals surface area contributed by atoms with Crippen LogP contribution in [0, 0.1) is 11.8 Å². The molecule has 88 valence electrons. The van der Waals surface area contributed by atoms with E-state index in [1.165, 1.54) is 9.75 Å². The number of hydrogen-bond donors (Lipinski definition) is 0. The Kier molecular flexibility index (Phi) is 4.81. The lowest BCUT2D eigenvalue weighted by atomic mass is 10.2. The highest BCUT2D eigenvalue weighted by molar-refractivity contribution is 7.20. The first kappa shape index (κ1) is 12.4. The van der Waals surface area contributed by atoms with Crippen molar-refractivity contribution < 1.29 is 4.74 Å². The van der Waals surface area contributed by atoms with Gasteiger partial charge in [-0.15, -0.1) is 22.7 Å². The average molecular weight is 262 g/mol. The summed E-state index contributed by atoms with van der Waals surface area (Å²) < 4.78 is 5.26. The van der Waals surface area contributed by atoms with Crippen LogP contribution < -0.4 is 0 Å². The standard InChI is InChI=1S/C14H14OS2/c1-2-15-9-4-3-6-12-8-11-17-14(12)13-7-5-10-16-13/h5,7-8,10-11H,2,4,9H2,1H3. The largest absolute Gasteiger partial charge is 0.381 e. The second-order valence-electron chi connectivity index (χ2n) is 3.39. The zero-order valence-electron chi connectivity index (χ0n) is 9.73. The summed E-state index contributed by atoms with van der Waals surface area (Å²) in [5.41, 5.74) is 1.13. The molecule has 2 heterocycles. The summed E-state index contributed by atoms with van der Waals surface area (Å²) in [5.74, 6) is 6.39. The zero-order valence-corrected chi connectivity index (χ0v) is 11.4. The van der Waals surface area contributed by atoms with Crippen LogP contribution in [0.4, 0.5) is 0 Å². The highest BCUT2D eigenvalue weighted by Gasteiger charge is 2.04. The van der Waals surface area contributed by atoms with Gasteiger partial charge in [-0.05, 0) is 29.8 Å². The minimum Gasteiger partial charge on any atom is -0.381 e. The maximum Gasteiger partial charge on any atom is 0.0599 e. The highest BCUT2D eigenvalue weighted by atomic mass is 32.1. The Morgan fingerprint density at radius 2 is 2.18 bits per heavy atom. The van der Waals surface area contributed by atoms with Crippen LogP contribution in [0.25, 0.3) is 9.75 Å². The Morgan fingerprint density at radius 1 is 1.24 bits per heavy atom. The third-order valence-electron chi connectivity index (χ3n) is 2.21. The van der Waals surface area contributed by atoms with E-state index in [0.29, 0.717) is 0 Å². The average Bonchev–Trinajstić information content (AvgIpc) is 2.98. The number of ether oxygens (including phenoxy) is 1. The van der Waals surface area contributed by atoms with Crippen LogP contribution >= 0.6 is 22.7 Å². The molecule has 2 aromatic rings. The number of thiophene rings is 2. The molecule has 0 aliphatic rings. The van der Waals surface area contributed by atoms with E-state index in [1.807, 2.05) is 6.92 Å². The van der Waals surface area contributed by atoms with Crippen molar-refractivity contribution in [1.29, 1.82) is 0 Å². The Balaban J connectivity index is 2.04. The van der Waals surface area contributed by atoms with Crippen molar-refractivity contribution in [1.82, 2.24) is 0 Å². The first-order chi connectivity index (χ1) is 8.42. The lowest BCUT2D eigenvalue weighted by molar-refractivity contribution is 0.154. The van der Waals surface area contributed by atoms with Gasteiger partial charge < -0.3 is 4.74 Å². The normalized spacial score (nSPS) is 9.94. The van der Waals surface area contributed by atoms with E-state index in [9.17, 15) is 0 Å². The van der Waals surface area contributed by atoms with Gasteiger partial charge in [-0.2, -0.15) is 0 Å². The van der Waals surface area contributed by atoms with Crippen LogP contribution in [-0.4, -0.2) is 13.2 Å². The summed E-state index contributed by atoms with van der Waals surface area (Å²) in [4.78, 5) is 2.58. The van der Waals surface area contributed by atoms with Crippen LogP contribution in [0.3, 0.4) is 0 Å². The molecule has 2 rings (SSSR count). The molecular formula is C14H14OS2. The van der Waals surface area contributed by atoms with E-state index in [0.717, 1.165) is 25.2 Å². The summed E-state index contributed by atoms with van der Waals surface area (Å²) in [6, 6.07) is 6.31. The predicted octanol–water partition coefficient (Wildman–Crippen LogP) is 4.25. The van der Waals surface area contributed by atoms with Gasteiger partial charge in [-0.25, -0.2) is 0 Å². The van der Waals surface area contributed by atoms with Crippen LogP contribution in [0.15, 0.2) is 29.0 Å². The molecule has 0 N–H and O–H groups in total. The fourth-order valence-corrected chi connectivity index (χ4v) is 3.17. The second kappa shape index (κ2) is 6.61. The van der Waals surface area contributed by atoms with Gasteiger partial charge in [0.05, 0.1) is 11.5 Å². The molecule has 0 aliphatic heterocycles. The van der Waals surface area contributed by atoms with Gasteiger partial charge in [0.2, 0.25) is 0 Å². The second-order valence-corrected chi connectivity index (χ2v) is 5.25. The Labute approximate surface area is 110 Å². The van der Waals surface area contributed by atoms with Crippen molar-refractivity contribution in [2.75, 3.05) is 13.2 Å². The van der Waals surface area contributed by atoms with Gasteiger partial charge in [-0.1, -0.05) is 17.9 Å². The predicted molar refractivity (Wildman–Crippen MR) is 75.6 cm³/mol. The smallest absolute Gasteiger partial charge is 0.0599 e. The molecule has 0 saturated heterocycles. The van der Waals surface area contributed by atoms with Gasteiger partial charge in [0.25, 0.3) is 0 Å². The quantitative estimate of drug-likeness (QED) is 0.591. The molecule has 1 nitrogen and oxygen atoms in total. The molecule has 0 spiro atoms. The lowest BCUT2D eigenvalue weighted by Crippen LogP contribution is -1.90. The van der Waals surface area contributed by atoms with Crippen molar-refractivity contribution in [3.63, 3.8) is 0 Å². The third-order valence-corrected chi connectivity index (χ3v) is 4.17. The van der Waals surface area contributed by atoms with Crippen LogP contribution in [0.2, 0.25) is 0 Å². The summed E-state index contributed by atoms with van der Waals surface area (Å²) in [6.07, 6.45) is 0.799. The van der Waals surface area contributed by atoms with Gasteiger partial charge in [0.1, 0.15) is 0 Å². The molecule has 0 unspecified atom stereocenters. The Hall–Kier alpha value is -1.08. The van der Waals surface area contributed by atoms with Crippen LogP contribution in [0.5, 0.6) is 0 Å². The lowest BCUT2D eigenvalue weighted by Gasteiger charge is -1.94. The fraction of sp³-hybridized carbons (Fsp3) is 0.286. The SMILES string of the molecule is CCOCCC#Cc1ccsc1-c1cccs1. The van der Waals surface area contributed by atoms with E-state index in [1.54, 1.807) is 22.7 Å². The molecule has 0 saturated carbocycles. The maximum absolute atomic E-state index is 5.26. The van der Waals surface area contributed by atoms with Crippen molar-refractivity contribution >= 4 is 22.7 Å². The fourth-order valence-electron chi connectivity index (χ4n) is 1.43. The third kappa shape index (κ3) is 3.44.